The van der Waals surface area contributed by atoms with Crippen LogP contribution < -0.4 is 16.0 Å². The van der Waals surface area contributed by atoms with Crippen molar-refractivity contribution in [2.45, 2.75) is 46.5 Å². The number of hydrogen-bond donors (Lipinski definition) is 2. The number of nitrogens with zero attached hydrogens (tertiary/aromatic N) is 4. The maximum Gasteiger partial charge on any atom is 0.231 e. The van der Waals surface area contributed by atoms with Crippen LogP contribution in [-0.4, -0.2) is 34.6 Å². The molecule has 0 spiro atoms. The van der Waals surface area contributed by atoms with Crippen molar-refractivity contribution in [3.05, 3.63) is 0 Å². The van der Waals surface area contributed by atoms with E-state index in [1.807, 2.05) is 0 Å². The highest BCUT2D eigenvalue weighted by molar-refractivity contribution is 5.41. The lowest BCUT2D eigenvalue weighted by Gasteiger charge is -2.26. The van der Waals surface area contributed by atoms with Gasteiger partial charge in [-0.05, 0) is 38.5 Å². The molecule has 1 aromatic heterocycles. The van der Waals surface area contributed by atoms with Gasteiger partial charge in [-0.1, -0.05) is 19.8 Å². The summed E-state index contributed by atoms with van der Waals surface area (Å²) in [5.41, 5.74) is 5.80. The zero-order chi connectivity index (χ0) is 15.2. The molecule has 118 valence electrons. The number of anilines is 3. The summed E-state index contributed by atoms with van der Waals surface area (Å²) in [6.45, 7) is 9.15. The minimum absolute atomic E-state index is 0.284. The first-order chi connectivity index (χ1) is 10.1. The quantitative estimate of drug-likeness (QED) is 0.838. The Kier molecular flexibility index (Phi) is 5.59. The molecule has 6 nitrogen and oxygen atoms in total. The zero-order valence-corrected chi connectivity index (χ0v) is 13.5. The largest absolute Gasteiger partial charge is 0.368 e. The Balaban J connectivity index is 1.96. The summed E-state index contributed by atoms with van der Waals surface area (Å²) in [6, 6.07) is 0. The first kappa shape index (κ1) is 15.8. The van der Waals surface area contributed by atoms with Crippen LogP contribution >= 0.6 is 0 Å². The molecule has 0 aliphatic heterocycles. The molecule has 1 heterocycles. The van der Waals surface area contributed by atoms with Gasteiger partial charge in [0, 0.05) is 19.6 Å². The van der Waals surface area contributed by atoms with Gasteiger partial charge in [0.2, 0.25) is 17.8 Å². The zero-order valence-electron chi connectivity index (χ0n) is 13.5. The Morgan fingerprint density at radius 1 is 1.10 bits per heavy atom. The van der Waals surface area contributed by atoms with Crippen LogP contribution in [0, 0.1) is 11.8 Å². The van der Waals surface area contributed by atoms with Crippen molar-refractivity contribution in [2.75, 3.05) is 35.6 Å². The van der Waals surface area contributed by atoms with E-state index >= 15 is 0 Å². The fourth-order valence-electron chi connectivity index (χ4n) is 2.88. The van der Waals surface area contributed by atoms with E-state index in [4.69, 9.17) is 5.73 Å². The molecule has 0 saturated heterocycles. The van der Waals surface area contributed by atoms with E-state index in [1.54, 1.807) is 0 Å². The monoisotopic (exact) mass is 292 g/mol. The average Bonchev–Trinajstić information content (AvgIpc) is 2.47. The first-order valence-corrected chi connectivity index (χ1v) is 8.12. The fraction of sp³-hybridized carbons (Fsp3) is 0.800. The van der Waals surface area contributed by atoms with Gasteiger partial charge in [-0.2, -0.15) is 15.0 Å². The van der Waals surface area contributed by atoms with E-state index < -0.39 is 0 Å². The molecule has 6 heteroatoms. The second kappa shape index (κ2) is 7.43. The maximum atomic E-state index is 5.80. The minimum Gasteiger partial charge on any atom is -0.368 e. The average molecular weight is 292 g/mol. The van der Waals surface area contributed by atoms with Gasteiger partial charge in [0.15, 0.2) is 0 Å². The molecule has 3 N–H and O–H groups in total. The Hall–Kier alpha value is -1.59. The van der Waals surface area contributed by atoms with E-state index in [2.05, 4.69) is 45.9 Å². The van der Waals surface area contributed by atoms with Crippen molar-refractivity contribution >= 4 is 17.8 Å². The van der Waals surface area contributed by atoms with Gasteiger partial charge < -0.3 is 16.0 Å². The number of rotatable bonds is 6. The van der Waals surface area contributed by atoms with Crippen LogP contribution in [0.25, 0.3) is 0 Å². The predicted molar refractivity (Wildman–Crippen MR) is 87.4 cm³/mol. The highest BCUT2D eigenvalue weighted by atomic mass is 15.3. The lowest BCUT2D eigenvalue weighted by Crippen LogP contribution is -2.26. The molecule has 1 aliphatic rings. The second-order valence-corrected chi connectivity index (χ2v) is 6.00. The lowest BCUT2D eigenvalue weighted by atomic mass is 9.83. The van der Waals surface area contributed by atoms with Crippen LogP contribution in [0.2, 0.25) is 0 Å². The molecule has 1 saturated carbocycles. The standard InChI is InChI=1S/C15H28N6/c1-4-21(5-2)15-19-13(16)18-14(20-15)17-10-12-8-6-11(3)7-9-12/h11-12H,4-10H2,1-3H3,(H3,16,17,18,19,20). The SMILES string of the molecule is CCN(CC)c1nc(N)nc(NCC2CCC(C)CC2)n1. The highest BCUT2D eigenvalue weighted by Crippen LogP contribution is 2.28. The number of nitrogen functional groups attached to an aromatic ring is 1. The molecule has 2 rings (SSSR count). The lowest BCUT2D eigenvalue weighted by molar-refractivity contribution is 0.300. The van der Waals surface area contributed by atoms with Crippen molar-refractivity contribution in [3.8, 4) is 0 Å². The third kappa shape index (κ3) is 4.44. The smallest absolute Gasteiger partial charge is 0.231 e. The summed E-state index contributed by atoms with van der Waals surface area (Å²) in [6.07, 6.45) is 5.24. The van der Waals surface area contributed by atoms with E-state index in [-0.39, 0.29) is 5.95 Å². The molecule has 1 aromatic rings. The summed E-state index contributed by atoms with van der Waals surface area (Å²) in [5, 5.41) is 3.34. The fourth-order valence-corrected chi connectivity index (χ4v) is 2.88. The molecule has 1 fully saturated rings. The molecule has 1 aliphatic carbocycles. The van der Waals surface area contributed by atoms with Crippen LogP contribution in [0.15, 0.2) is 0 Å². The van der Waals surface area contributed by atoms with Gasteiger partial charge in [-0.25, -0.2) is 0 Å². The van der Waals surface area contributed by atoms with E-state index in [0.29, 0.717) is 11.9 Å². The molecule has 0 unspecified atom stereocenters. The number of nitrogens with two attached hydrogens (primary N) is 1. The van der Waals surface area contributed by atoms with Gasteiger partial charge in [-0.15, -0.1) is 0 Å². The van der Waals surface area contributed by atoms with Crippen LogP contribution in [-0.2, 0) is 0 Å². The predicted octanol–water partition coefficient (Wildman–Crippen LogP) is 2.54. The van der Waals surface area contributed by atoms with Crippen molar-refractivity contribution < 1.29 is 0 Å². The topological polar surface area (TPSA) is 80.0 Å². The number of nitrogens with one attached hydrogen (secondary N) is 1. The van der Waals surface area contributed by atoms with Crippen molar-refractivity contribution in [1.82, 2.24) is 15.0 Å². The Bertz CT molecular complexity index is 438. The summed E-state index contributed by atoms with van der Waals surface area (Å²) in [4.78, 5) is 15.0. The normalized spacial score (nSPS) is 22.0. The second-order valence-electron chi connectivity index (χ2n) is 6.00. The van der Waals surface area contributed by atoms with Crippen molar-refractivity contribution in [1.29, 1.82) is 0 Å². The van der Waals surface area contributed by atoms with Gasteiger partial charge in [0.25, 0.3) is 0 Å². The van der Waals surface area contributed by atoms with Crippen LogP contribution in [0.5, 0.6) is 0 Å². The Morgan fingerprint density at radius 3 is 2.38 bits per heavy atom. The molecular formula is C15H28N6. The summed E-state index contributed by atoms with van der Waals surface area (Å²) in [5.74, 6) is 3.14. The third-order valence-electron chi connectivity index (χ3n) is 4.37. The van der Waals surface area contributed by atoms with Gasteiger partial charge in [0.1, 0.15) is 0 Å². The van der Waals surface area contributed by atoms with E-state index in [0.717, 1.165) is 31.5 Å². The number of aromatic nitrogens is 3. The molecule has 0 aromatic carbocycles. The molecule has 21 heavy (non-hydrogen) atoms. The van der Waals surface area contributed by atoms with Gasteiger partial charge in [-0.3, -0.25) is 0 Å². The Morgan fingerprint density at radius 2 is 1.76 bits per heavy atom. The number of hydrogen-bond acceptors (Lipinski definition) is 6. The van der Waals surface area contributed by atoms with Crippen LogP contribution in [0.4, 0.5) is 17.8 Å². The van der Waals surface area contributed by atoms with Gasteiger partial charge in [0.05, 0.1) is 0 Å². The van der Waals surface area contributed by atoms with E-state index in [1.165, 1.54) is 25.7 Å². The van der Waals surface area contributed by atoms with Crippen LogP contribution in [0.3, 0.4) is 0 Å². The van der Waals surface area contributed by atoms with Crippen molar-refractivity contribution in [3.63, 3.8) is 0 Å². The maximum absolute atomic E-state index is 5.80. The minimum atomic E-state index is 0.284. The molecule has 0 atom stereocenters. The summed E-state index contributed by atoms with van der Waals surface area (Å²) in [7, 11) is 0. The molecule has 0 radical (unpaired) electrons. The summed E-state index contributed by atoms with van der Waals surface area (Å²) >= 11 is 0. The first-order valence-electron chi connectivity index (χ1n) is 8.12. The molecule has 0 amide bonds. The molecule has 0 bridgehead atoms. The van der Waals surface area contributed by atoms with Crippen LogP contribution in [0.1, 0.15) is 46.5 Å². The Labute approximate surface area is 127 Å². The highest BCUT2D eigenvalue weighted by Gasteiger charge is 2.18. The third-order valence-corrected chi connectivity index (χ3v) is 4.37. The van der Waals surface area contributed by atoms with Gasteiger partial charge >= 0.3 is 0 Å². The summed E-state index contributed by atoms with van der Waals surface area (Å²) < 4.78 is 0. The van der Waals surface area contributed by atoms with Crippen molar-refractivity contribution in [2.24, 2.45) is 11.8 Å². The van der Waals surface area contributed by atoms with E-state index in [9.17, 15) is 0 Å². The molecular weight excluding hydrogens is 264 g/mol.